The van der Waals surface area contributed by atoms with Crippen molar-refractivity contribution in [2.45, 2.75) is 39.0 Å². The topological polar surface area (TPSA) is 93.5 Å². The van der Waals surface area contributed by atoms with Gasteiger partial charge in [-0.15, -0.1) is 0 Å². The molecule has 0 spiro atoms. The first kappa shape index (κ1) is 23.2. The summed E-state index contributed by atoms with van der Waals surface area (Å²) >= 11 is 0. The van der Waals surface area contributed by atoms with E-state index in [2.05, 4.69) is 10.4 Å². The quantitative estimate of drug-likeness (QED) is 0.543. The Morgan fingerprint density at radius 1 is 1.12 bits per heavy atom. The minimum Gasteiger partial charge on any atom is -0.461 e. The highest BCUT2D eigenvalue weighted by Crippen LogP contribution is 2.30. The minimum atomic E-state index is -1.31. The van der Waals surface area contributed by atoms with E-state index in [0.29, 0.717) is 5.56 Å². The molecule has 0 saturated carbocycles. The van der Waals surface area contributed by atoms with Crippen molar-refractivity contribution in [3.05, 3.63) is 89.0 Å². The molecular formula is C25H25FN4O4. The van der Waals surface area contributed by atoms with Crippen LogP contribution in [0.3, 0.4) is 0 Å². The SMILES string of the molecule is CCOC(=O)c1cc2n(n1)CC(C)(C(=O)NCc1ccccc1)N(Cc1ccc(F)cc1)C2=O. The third-order valence-corrected chi connectivity index (χ3v) is 5.82. The zero-order chi connectivity index (χ0) is 24.3. The summed E-state index contributed by atoms with van der Waals surface area (Å²) in [5, 5.41) is 7.14. The Labute approximate surface area is 196 Å². The number of ether oxygens (including phenoxy) is 1. The standard InChI is InChI=1S/C25H25FN4O4/c1-3-34-23(32)20-13-21-22(31)29(15-18-9-11-19(26)12-10-18)25(2,16-30(21)28-20)24(33)27-14-17-7-5-4-6-8-17/h4-13H,3,14-16H2,1-2H3,(H,27,33). The number of nitrogens with zero attached hydrogens (tertiary/aromatic N) is 3. The van der Waals surface area contributed by atoms with Crippen molar-refractivity contribution >= 4 is 17.8 Å². The van der Waals surface area contributed by atoms with E-state index in [1.54, 1.807) is 26.0 Å². The number of carbonyl (C=O) groups excluding carboxylic acids is 3. The zero-order valence-corrected chi connectivity index (χ0v) is 19.0. The van der Waals surface area contributed by atoms with Crippen molar-refractivity contribution in [2.24, 2.45) is 0 Å². The highest BCUT2D eigenvalue weighted by molar-refractivity contribution is 6.01. The van der Waals surface area contributed by atoms with E-state index in [0.717, 1.165) is 5.56 Å². The van der Waals surface area contributed by atoms with Gasteiger partial charge in [0.25, 0.3) is 5.91 Å². The number of aromatic nitrogens is 2. The van der Waals surface area contributed by atoms with Gasteiger partial charge in [-0.3, -0.25) is 14.3 Å². The fraction of sp³-hybridized carbons (Fsp3) is 0.280. The summed E-state index contributed by atoms with van der Waals surface area (Å²) < 4.78 is 19.8. The fourth-order valence-electron chi connectivity index (χ4n) is 3.94. The molecule has 34 heavy (non-hydrogen) atoms. The van der Waals surface area contributed by atoms with Crippen molar-refractivity contribution in [2.75, 3.05) is 6.61 Å². The molecule has 1 aromatic heterocycles. The number of hydrogen-bond acceptors (Lipinski definition) is 5. The highest BCUT2D eigenvalue weighted by Gasteiger charge is 2.48. The maximum atomic E-state index is 13.5. The average Bonchev–Trinajstić information content (AvgIpc) is 3.26. The van der Waals surface area contributed by atoms with Gasteiger partial charge in [0.2, 0.25) is 5.91 Å². The molecule has 9 heteroatoms. The van der Waals surface area contributed by atoms with E-state index in [-0.39, 0.29) is 43.5 Å². The van der Waals surface area contributed by atoms with Crippen molar-refractivity contribution in [1.29, 1.82) is 0 Å². The maximum absolute atomic E-state index is 13.5. The molecule has 0 fully saturated rings. The summed E-state index contributed by atoms with van der Waals surface area (Å²) in [4.78, 5) is 40.6. The molecule has 1 unspecified atom stereocenters. The summed E-state index contributed by atoms with van der Waals surface area (Å²) in [7, 11) is 0. The lowest BCUT2D eigenvalue weighted by Crippen LogP contribution is -2.63. The number of hydrogen-bond donors (Lipinski definition) is 1. The maximum Gasteiger partial charge on any atom is 0.358 e. The average molecular weight is 464 g/mol. The molecule has 3 aromatic rings. The van der Waals surface area contributed by atoms with Crippen LogP contribution in [0.1, 0.15) is 46.0 Å². The van der Waals surface area contributed by atoms with Gasteiger partial charge >= 0.3 is 5.97 Å². The monoisotopic (exact) mass is 464 g/mol. The first-order chi connectivity index (χ1) is 16.3. The van der Waals surface area contributed by atoms with Gasteiger partial charge in [-0.1, -0.05) is 42.5 Å². The molecule has 0 radical (unpaired) electrons. The molecule has 0 saturated heterocycles. The number of rotatable bonds is 7. The van der Waals surface area contributed by atoms with Crippen molar-refractivity contribution < 1.29 is 23.5 Å². The molecule has 8 nitrogen and oxygen atoms in total. The Balaban J connectivity index is 1.67. The molecule has 1 aliphatic rings. The Hall–Kier alpha value is -4.01. The lowest BCUT2D eigenvalue weighted by molar-refractivity contribution is -0.133. The molecule has 2 aromatic carbocycles. The number of fused-ring (bicyclic) bond motifs is 1. The van der Waals surface area contributed by atoms with Crippen LogP contribution in [-0.4, -0.2) is 44.6 Å². The predicted octanol–water partition coefficient (Wildman–Crippen LogP) is 2.93. The fourth-order valence-corrected chi connectivity index (χ4v) is 3.94. The van der Waals surface area contributed by atoms with E-state index in [1.807, 2.05) is 30.3 Å². The second-order valence-electron chi connectivity index (χ2n) is 8.25. The van der Waals surface area contributed by atoms with E-state index in [4.69, 9.17) is 4.74 Å². The van der Waals surface area contributed by atoms with Crippen LogP contribution < -0.4 is 5.32 Å². The van der Waals surface area contributed by atoms with Crippen LogP contribution in [0.25, 0.3) is 0 Å². The number of halogens is 1. The molecule has 0 bridgehead atoms. The van der Waals surface area contributed by atoms with Gasteiger partial charge in [0.15, 0.2) is 5.69 Å². The number of amides is 2. The van der Waals surface area contributed by atoms with Crippen LogP contribution >= 0.6 is 0 Å². The van der Waals surface area contributed by atoms with Gasteiger partial charge in [0, 0.05) is 19.2 Å². The van der Waals surface area contributed by atoms with Crippen LogP contribution in [0.2, 0.25) is 0 Å². The van der Waals surface area contributed by atoms with Gasteiger partial charge in [-0.05, 0) is 37.1 Å². The Kier molecular flexibility index (Phi) is 6.45. The number of esters is 1. The van der Waals surface area contributed by atoms with Gasteiger partial charge in [-0.25, -0.2) is 9.18 Å². The molecule has 0 aliphatic carbocycles. The Morgan fingerprint density at radius 3 is 2.50 bits per heavy atom. The van der Waals surface area contributed by atoms with Crippen molar-refractivity contribution in [3.8, 4) is 0 Å². The second kappa shape index (κ2) is 9.46. The van der Waals surface area contributed by atoms with E-state index in [9.17, 15) is 18.8 Å². The molecule has 1 aliphatic heterocycles. The summed E-state index contributed by atoms with van der Waals surface area (Å²) in [5.41, 5.74) is 0.441. The Morgan fingerprint density at radius 2 is 1.82 bits per heavy atom. The Bertz CT molecular complexity index is 1210. The summed E-state index contributed by atoms with van der Waals surface area (Å²) in [5.74, 6) is -1.87. The van der Waals surface area contributed by atoms with E-state index < -0.39 is 23.2 Å². The van der Waals surface area contributed by atoms with Crippen LogP contribution in [0, 0.1) is 5.82 Å². The van der Waals surface area contributed by atoms with Gasteiger partial charge < -0.3 is 15.0 Å². The van der Waals surface area contributed by atoms with Gasteiger partial charge in [-0.2, -0.15) is 5.10 Å². The number of carbonyl (C=O) groups is 3. The molecule has 2 amide bonds. The first-order valence-electron chi connectivity index (χ1n) is 11.0. The largest absolute Gasteiger partial charge is 0.461 e. The van der Waals surface area contributed by atoms with Gasteiger partial charge in [0.05, 0.1) is 13.2 Å². The summed E-state index contributed by atoms with van der Waals surface area (Å²) in [6.45, 7) is 3.91. The van der Waals surface area contributed by atoms with Crippen LogP contribution in [0.4, 0.5) is 4.39 Å². The van der Waals surface area contributed by atoms with Crippen LogP contribution in [0.5, 0.6) is 0 Å². The molecule has 176 valence electrons. The van der Waals surface area contributed by atoms with Crippen molar-refractivity contribution in [3.63, 3.8) is 0 Å². The molecular weight excluding hydrogens is 439 g/mol. The zero-order valence-electron chi connectivity index (χ0n) is 19.0. The first-order valence-corrected chi connectivity index (χ1v) is 11.0. The molecule has 1 atom stereocenters. The predicted molar refractivity (Wildman–Crippen MR) is 121 cm³/mol. The minimum absolute atomic E-state index is 0.000811. The number of benzene rings is 2. The summed E-state index contributed by atoms with van der Waals surface area (Å²) in [6.07, 6.45) is 0. The normalized spacial score (nSPS) is 17.3. The van der Waals surface area contributed by atoms with E-state index >= 15 is 0 Å². The summed E-state index contributed by atoms with van der Waals surface area (Å²) in [6, 6.07) is 16.5. The van der Waals surface area contributed by atoms with Gasteiger partial charge in [0.1, 0.15) is 17.1 Å². The van der Waals surface area contributed by atoms with Crippen molar-refractivity contribution in [1.82, 2.24) is 20.0 Å². The molecule has 2 heterocycles. The third kappa shape index (κ3) is 4.54. The van der Waals surface area contributed by atoms with Crippen LogP contribution in [0.15, 0.2) is 60.7 Å². The lowest BCUT2D eigenvalue weighted by Gasteiger charge is -2.43. The van der Waals surface area contributed by atoms with E-state index in [1.165, 1.54) is 27.8 Å². The second-order valence-corrected chi connectivity index (χ2v) is 8.25. The molecule has 1 N–H and O–H groups in total. The number of nitrogens with one attached hydrogen (secondary N) is 1. The molecule has 4 rings (SSSR count). The van der Waals surface area contributed by atoms with Crippen LogP contribution in [-0.2, 0) is 29.2 Å². The third-order valence-electron chi connectivity index (χ3n) is 5.82. The smallest absolute Gasteiger partial charge is 0.358 e. The lowest BCUT2D eigenvalue weighted by atomic mass is 9.94. The highest BCUT2D eigenvalue weighted by atomic mass is 19.1.